The number of ether oxygens (including phenoxy) is 1. The lowest BCUT2D eigenvalue weighted by Gasteiger charge is -2.06. The summed E-state index contributed by atoms with van der Waals surface area (Å²) in [5.41, 5.74) is 1.72. The van der Waals surface area contributed by atoms with Crippen LogP contribution in [0, 0.1) is 0 Å². The number of cyclic esters (lactones) is 1. The van der Waals surface area contributed by atoms with Crippen LogP contribution in [-0.2, 0) is 11.3 Å². The maximum atomic E-state index is 11.6. The third kappa shape index (κ3) is 1.15. The van der Waals surface area contributed by atoms with E-state index < -0.39 is 0 Å². The van der Waals surface area contributed by atoms with Crippen molar-refractivity contribution in [3.05, 3.63) is 59.7 Å². The summed E-state index contributed by atoms with van der Waals surface area (Å²) in [6, 6.07) is 16.4. The van der Waals surface area contributed by atoms with Crippen LogP contribution in [0.25, 0.3) is 21.5 Å². The van der Waals surface area contributed by atoms with E-state index >= 15 is 0 Å². The Morgan fingerprint density at radius 2 is 1.67 bits per heavy atom. The van der Waals surface area contributed by atoms with Crippen molar-refractivity contribution in [1.82, 2.24) is 0 Å². The van der Waals surface area contributed by atoms with Crippen LogP contribution in [0.5, 0.6) is 0 Å². The summed E-state index contributed by atoms with van der Waals surface area (Å²) in [6.45, 7) is 0.393. The number of fused-ring (bicyclic) bond motifs is 5. The number of carbonyl (C=O) groups is 1. The van der Waals surface area contributed by atoms with Gasteiger partial charge in [-0.25, -0.2) is 4.79 Å². The van der Waals surface area contributed by atoms with Gasteiger partial charge in [0.25, 0.3) is 0 Å². The molecule has 18 heavy (non-hydrogen) atoms. The quantitative estimate of drug-likeness (QED) is 0.438. The van der Waals surface area contributed by atoms with Crippen LogP contribution in [-0.4, -0.2) is 5.97 Å². The van der Waals surface area contributed by atoms with Crippen molar-refractivity contribution >= 4 is 27.5 Å². The van der Waals surface area contributed by atoms with Crippen LogP contribution in [0.4, 0.5) is 0 Å². The zero-order chi connectivity index (χ0) is 12.1. The molecule has 4 rings (SSSR count). The van der Waals surface area contributed by atoms with Crippen molar-refractivity contribution in [1.29, 1.82) is 0 Å². The van der Waals surface area contributed by atoms with Crippen LogP contribution in [0.2, 0.25) is 0 Å². The first-order chi connectivity index (χ1) is 8.84. The molecule has 0 amide bonds. The van der Waals surface area contributed by atoms with Crippen LogP contribution in [0.15, 0.2) is 48.5 Å². The van der Waals surface area contributed by atoms with Crippen molar-refractivity contribution < 1.29 is 9.53 Å². The van der Waals surface area contributed by atoms with Crippen LogP contribution in [0.3, 0.4) is 0 Å². The highest BCUT2D eigenvalue weighted by Gasteiger charge is 2.23. The lowest BCUT2D eigenvalue weighted by atomic mass is 9.96. The van der Waals surface area contributed by atoms with Gasteiger partial charge in [0.15, 0.2) is 0 Å². The van der Waals surface area contributed by atoms with Gasteiger partial charge < -0.3 is 4.74 Å². The number of rotatable bonds is 0. The minimum Gasteiger partial charge on any atom is -0.457 e. The topological polar surface area (TPSA) is 26.3 Å². The van der Waals surface area contributed by atoms with Crippen molar-refractivity contribution in [2.75, 3.05) is 0 Å². The molecule has 1 heterocycles. The Kier molecular flexibility index (Phi) is 1.78. The molecular weight excluding hydrogens is 224 g/mol. The number of hydrogen-bond acceptors (Lipinski definition) is 2. The Balaban J connectivity index is 2.20. The number of hydrogen-bond donors (Lipinski definition) is 0. The molecule has 3 aromatic rings. The van der Waals surface area contributed by atoms with E-state index in [1.54, 1.807) is 0 Å². The second-order valence-corrected chi connectivity index (χ2v) is 4.55. The highest BCUT2D eigenvalue weighted by atomic mass is 16.5. The Labute approximate surface area is 104 Å². The molecule has 2 heteroatoms. The van der Waals surface area contributed by atoms with Gasteiger partial charge in [0.05, 0.1) is 5.56 Å². The van der Waals surface area contributed by atoms with Gasteiger partial charge in [0.1, 0.15) is 6.61 Å². The first kappa shape index (κ1) is 9.66. The van der Waals surface area contributed by atoms with Gasteiger partial charge in [-0.15, -0.1) is 0 Å². The summed E-state index contributed by atoms with van der Waals surface area (Å²) >= 11 is 0. The van der Waals surface area contributed by atoms with Gasteiger partial charge in [-0.3, -0.25) is 0 Å². The molecule has 2 nitrogen and oxygen atoms in total. The maximum Gasteiger partial charge on any atom is 0.338 e. The third-order valence-electron chi connectivity index (χ3n) is 3.61. The van der Waals surface area contributed by atoms with Crippen molar-refractivity contribution in [2.45, 2.75) is 6.61 Å². The van der Waals surface area contributed by atoms with Crippen molar-refractivity contribution in [3.63, 3.8) is 0 Å². The van der Waals surface area contributed by atoms with E-state index in [0.717, 1.165) is 10.9 Å². The molecule has 0 atom stereocenters. The number of carbonyl (C=O) groups excluding carboxylic acids is 1. The molecule has 1 aliphatic rings. The summed E-state index contributed by atoms with van der Waals surface area (Å²) in [4.78, 5) is 11.6. The predicted octanol–water partition coefficient (Wildman–Crippen LogP) is 3.66. The molecule has 0 fully saturated rings. The third-order valence-corrected chi connectivity index (χ3v) is 3.61. The Morgan fingerprint density at radius 3 is 2.61 bits per heavy atom. The molecule has 1 aliphatic heterocycles. The first-order valence-electron chi connectivity index (χ1n) is 5.95. The fourth-order valence-electron chi connectivity index (χ4n) is 2.71. The lowest BCUT2D eigenvalue weighted by molar-refractivity contribution is 0.0535. The molecule has 0 spiro atoms. The molecule has 86 valence electrons. The first-order valence-corrected chi connectivity index (χ1v) is 5.95. The normalized spacial score (nSPS) is 13.9. The van der Waals surface area contributed by atoms with Crippen LogP contribution < -0.4 is 0 Å². The van der Waals surface area contributed by atoms with E-state index in [-0.39, 0.29) is 5.97 Å². The van der Waals surface area contributed by atoms with E-state index in [1.165, 1.54) is 16.2 Å². The number of esters is 1. The van der Waals surface area contributed by atoms with E-state index in [1.807, 2.05) is 24.3 Å². The van der Waals surface area contributed by atoms with Gasteiger partial charge in [-0.1, -0.05) is 42.5 Å². The Morgan fingerprint density at radius 1 is 0.833 bits per heavy atom. The van der Waals surface area contributed by atoms with Gasteiger partial charge in [-0.2, -0.15) is 0 Å². The zero-order valence-corrected chi connectivity index (χ0v) is 9.64. The molecule has 0 radical (unpaired) electrons. The van der Waals surface area contributed by atoms with E-state index in [0.29, 0.717) is 12.2 Å². The second kappa shape index (κ2) is 3.33. The summed E-state index contributed by atoms with van der Waals surface area (Å²) in [5, 5.41) is 4.74. The van der Waals surface area contributed by atoms with Crippen LogP contribution in [0.1, 0.15) is 15.9 Å². The average molecular weight is 234 g/mol. The maximum absolute atomic E-state index is 11.6. The molecule has 0 saturated carbocycles. The van der Waals surface area contributed by atoms with Crippen LogP contribution >= 0.6 is 0 Å². The van der Waals surface area contributed by atoms with Crippen molar-refractivity contribution in [2.24, 2.45) is 0 Å². The summed E-state index contributed by atoms with van der Waals surface area (Å²) < 4.78 is 5.10. The molecule has 0 unspecified atom stereocenters. The largest absolute Gasteiger partial charge is 0.457 e. The monoisotopic (exact) mass is 234 g/mol. The van der Waals surface area contributed by atoms with Gasteiger partial charge >= 0.3 is 5.97 Å². The molecule has 0 aliphatic carbocycles. The van der Waals surface area contributed by atoms with Gasteiger partial charge in [0, 0.05) is 5.56 Å². The Bertz CT molecular complexity index is 803. The molecule has 3 aromatic carbocycles. The average Bonchev–Trinajstić information content (AvgIpc) is 2.80. The molecule has 0 bridgehead atoms. The van der Waals surface area contributed by atoms with E-state index in [2.05, 4.69) is 24.3 Å². The van der Waals surface area contributed by atoms with E-state index in [4.69, 9.17) is 4.74 Å². The lowest BCUT2D eigenvalue weighted by Crippen LogP contribution is -1.93. The standard InChI is InChI=1S/C16H10O2/c17-16-14-8-7-12-11-4-2-1-3-10(11)5-6-13(12)15(14)9-18-16/h1-8H,9H2. The fourth-order valence-corrected chi connectivity index (χ4v) is 2.71. The SMILES string of the molecule is O=C1OCc2c1ccc1c2ccc2ccccc21. The molecule has 0 saturated heterocycles. The predicted molar refractivity (Wildman–Crippen MR) is 70.6 cm³/mol. The molecule has 0 N–H and O–H groups in total. The highest BCUT2D eigenvalue weighted by Crippen LogP contribution is 2.32. The minimum atomic E-state index is -0.208. The molecule has 0 aromatic heterocycles. The van der Waals surface area contributed by atoms with Gasteiger partial charge in [-0.05, 0) is 27.6 Å². The Hall–Kier alpha value is -2.35. The van der Waals surface area contributed by atoms with Gasteiger partial charge in [0.2, 0.25) is 0 Å². The summed E-state index contributed by atoms with van der Waals surface area (Å²) in [5.74, 6) is -0.208. The zero-order valence-electron chi connectivity index (χ0n) is 9.64. The summed E-state index contributed by atoms with van der Waals surface area (Å²) in [7, 11) is 0. The fraction of sp³-hybridized carbons (Fsp3) is 0.0625. The molecular formula is C16H10O2. The summed E-state index contributed by atoms with van der Waals surface area (Å²) in [6.07, 6.45) is 0. The minimum absolute atomic E-state index is 0.208. The van der Waals surface area contributed by atoms with Crippen molar-refractivity contribution in [3.8, 4) is 0 Å². The highest BCUT2D eigenvalue weighted by molar-refractivity contribution is 6.11. The second-order valence-electron chi connectivity index (χ2n) is 4.55. The number of benzene rings is 3. The smallest absolute Gasteiger partial charge is 0.338 e. The van der Waals surface area contributed by atoms with E-state index in [9.17, 15) is 4.79 Å².